The highest BCUT2D eigenvalue weighted by Crippen LogP contribution is 2.46. The molecule has 0 spiro atoms. The molecule has 33 heavy (non-hydrogen) atoms. The lowest BCUT2D eigenvalue weighted by atomic mass is 9.88. The van der Waals surface area contributed by atoms with Crippen LogP contribution in [0.25, 0.3) is 5.57 Å². The number of carbonyl (C=O) groups is 1. The van der Waals surface area contributed by atoms with Gasteiger partial charge in [0.25, 0.3) is 5.79 Å². The molecule has 2 aliphatic rings. The van der Waals surface area contributed by atoms with Crippen molar-refractivity contribution in [2.75, 3.05) is 6.79 Å². The smallest absolute Gasteiger partial charge is 0.342 e. The minimum Gasteiger partial charge on any atom is -0.491 e. The summed E-state index contributed by atoms with van der Waals surface area (Å²) in [4.78, 5) is 13.1. The molecule has 5 rings (SSSR count). The van der Waals surface area contributed by atoms with Crippen molar-refractivity contribution in [1.29, 1.82) is 0 Å². The van der Waals surface area contributed by atoms with Crippen LogP contribution in [-0.4, -0.2) is 24.0 Å². The van der Waals surface area contributed by atoms with E-state index in [1.807, 2.05) is 44.2 Å². The van der Waals surface area contributed by atoms with Crippen LogP contribution in [0.15, 0.2) is 78.4 Å². The molecule has 0 radical (unpaired) electrons. The first-order valence-electron chi connectivity index (χ1n) is 10.8. The molecule has 0 saturated carbocycles. The van der Waals surface area contributed by atoms with E-state index in [1.54, 1.807) is 42.5 Å². The fourth-order valence-electron chi connectivity index (χ4n) is 4.16. The minimum atomic E-state index is -1.91. The van der Waals surface area contributed by atoms with Crippen LogP contribution >= 0.6 is 0 Å². The van der Waals surface area contributed by atoms with Gasteiger partial charge in [-0.3, -0.25) is 0 Å². The maximum atomic E-state index is 13.1. The molecule has 2 aliphatic heterocycles. The molecule has 6 nitrogen and oxygen atoms in total. The van der Waals surface area contributed by atoms with Gasteiger partial charge in [0.1, 0.15) is 5.75 Å². The lowest BCUT2D eigenvalue weighted by Gasteiger charge is -2.26. The molecule has 3 aromatic carbocycles. The second-order valence-corrected chi connectivity index (χ2v) is 8.31. The van der Waals surface area contributed by atoms with Gasteiger partial charge < -0.3 is 24.1 Å². The van der Waals surface area contributed by atoms with Crippen molar-refractivity contribution in [1.82, 2.24) is 0 Å². The van der Waals surface area contributed by atoms with Crippen LogP contribution in [0.3, 0.4) is 0 Å². The Morgan fingerprint density at radius 1 is 0.970 bits per heavy atom. The summed E-state index contributed by atoms with van der Waals surface area (Å²) >= 11 is 0. The summed E-state index contributed by atoms with van der Waals surface area (Å²) in [6, 6.07) is 21.9. The number of hydrogen-bond donors (Lipinski definition) is 1. The van der Waals surface area contributed by atoms with Gasteiger partial charge in [-0.2, -0.15) is 0 Å². The van der Waals surface area contributed by atoms with Crippen LogP contribution in [-0.2, 0) is 21.7 Å². The Morgan fingerprint density at radius 2 is 1.70 bits per heavy atom. The van der Waals surface area contributed by atoms with E-state index in [-0.39, 0.29) is 12.9 Å². The van der Waals surface area contributed by atoms with Crippen LogP contribution in [0.5, 0.6) is 17.2 Å². The van der Waals surface area contributed by atoms with E-state index in [0.29, 0.717) is 45.9 Å². The monoisotopic (exact) mass is 444 g/mol. The van der Waals surface area contributed by atoms with Crippen LogP contribution < -0.4 is 14.2 Å². The first-order valence-corrected chi connectivity index (χ1v) is 10.8. The van der Waals surface area contributed by atoms with Gasteiger partial charge in [0.15, 0.2) is 11.5 Å². The highest BCUT2D eigenvalue weighted by atomic mass is 16.7. The number of carbonyl (C=O) groups excluding carboxylic acids is 1. The van der Waals surface area contributed by atoms with E-state index in [2.05, 4.69) is 0 Å². The number of rotatable bonds is 6. The fraction of sp³-hybridized carbons (Fsp3) is 0.222. The maximum absolute atomic E-state index is 13.1. The molecular formula is C27H24O6. The molecule has 6 heteroatoms. The molecule has 0 amide bonds. The Labute approximate surface area is 192 Å². The zero-order chi connectivity index (χ0) is 23.0. The number of ether oxygens (including phenoxy) is 4. The minimum absolute atomic E-state index is 0.0226. The molecular weight excluding hydrogens is 420 g/mol. The number of aliphatic hydroxyl groups is 1. The van der Waals surface area contributed by atoms with Crippen molar-refractivity contribution in [3.8, 4) is 17.2 Å². The Bertz CT molecular complexity index is 1210. The molecule has 0 saturated heterocycles. The predicted molar refractivity (Wildman–Crippen MR) is 122 cm³/mol. The average Bonchev–Trinajstić information content (AvgIpc) is 3.36. The standard InChI is InChI=1S/C27H24O6/c1-17(2)32-21-11-9-20(10-12-21)27(29)22(14-18-6-4-3-5-7-18)25(26(28)33-27)19-8-13-23-24(15-19)31-16-30-23/h3-13,15,17,29H,14,16H2,1-2H3. The first kappa shape index (κ1) is 21.1. The van der Waals surface area contributed by atoms with E-state index in [1.165, 1.54) is 0 Å². The summed E-state index contributed by atoms with van der Waals surface area (Å²) in [6.45, 7) is 4.02. The molecule has 1 unspecified atom stereocenters. The van der Waals surface area contributed by atoms with Crippen LogP contribution in [0.2, 0.25) is 0 Å². The third-order valence-corrected chi connectivity index (χ3v) is 5.66. The predicted octanol–water partition coefficient (Wildman–Crippen LogP) is 4.60. The Balaban J connectivity index is 1.62. The molecule has 168 valence electrons. The quantitative estimate of drug-likeness (QED) is 0.560. The van der Waals surface area contributed by atoms with Crippen molar-refractivity contribution in [2.45, 2.75) is 32.2 Å². The normalized spacial score (nSPS) is 19.2. The van der Waals surface area contributed by atoms with Crippen LogP contribution in [0.1, 0.15) is 30.5 Å². The van der Waals surface area contributed by atoms with Gasteiger partial charge in [-0.15, -0.1) is 0 Å². The van der Waals surface area contributed by atoms with Gasteiger partial charge >= 0.3 is 5.97 Å². The summed E-state index contributed by atoms with van der Waals surface area (Å²) in [5.41, 5.74) is 2.79. The number of hydrogen-bond acceptors (Lipinski definition) is 6. The van der Waals surface area contributed by atoms with E-state index in [4.69, 9.17) is 18.9 Å². The highest BCUT2D eigenvalue weighted by Gasteiger charge is 2.48. The number of fused-ring (bicyclic) bond motifs is 1. The molecule has 0 aromatic heterocycles. The van der Waals surface area contributed by atoms with Gasteiger partial charge in [0.05, 0.1) is 11.7 Å². The molecule has 2 heterocycles. The van der Waals surface area contributed by atoms with E-state index < -0.39 is 11.8 Å². The van der Waals surface area contributed by atoms with E-state index in [9.17, 15) is 9.90 Å². The van der Waals surface area contributed by atoms with Crippen LogP contribution in [0.4, 0.5) is 0 Å². The number of cyclic esters (lactones) is 1. The zero-order valence-corrected chi connectivity index (χ0v) is 18.4. The van der Waals surface area contributed by atoms with Crippen molar-refractivity contribution in [3.05, 3.63) is 95.1 Å². The van der Waals surface area contributed by atoms with Crippen molar-refractivity contribution < 1.29 is 28.8 Å². The molecule has 1 atom stereocenters. The largest absolute Gasteiger partial charge is 0.491 e. The summed E-state index contributed by atoms with van der Waals surface area (Å²) in [5, 5.41) is 11.8. The fourth-order valence-corrected chi connectivity index (χ4v) is 4.16. The van der Waals surface area contributed by atoms with Crippen molar-refractivity contribution in [3.63, 3.8) is 0 Å². The van der Waals surface area contributed by atoms with Gasteiger partial charge in [0.2, 0.25) is 6.79 Å². The second kappa shape index (κ2) is 8.30. The SMILES string of the molecule is CC(C)Oc1ccc(C2(O)OC(=O)C(c3ccc4c(c3)OCO4)=C2Cc2ccccc2)cc1. The molecule has 0 aliphatic carbocycles. The number of benzene rings is 3. The Kier molecular flexibility index (Phi) is 5.30. The lowest BCUT2D eigenvalue weighted by Crippen LogP contribution is -2.29. The van der Waals surface area contributed by atoms with Gasteiger partial charge in [-0.05, 0) is 61.4 Å². The Morgan fingerprint density at radius 3 is 2.42 bits per heavy atom. The lowest BCUT2D eigenvalue weighted by molar-refractivity contribution is -0.185. The molecule has 0 fully saturated rings. The molecule has 3 aromatic rings. The van der Waals surface area contributed by atoms with E-state index in [0.717, 1.165) is 5.56 Å². The summed E-state index contributed by atoms with van der Waals surface area (Å²) in [5.74, 6) is -0.658. The van der Waals surface area contributed by atoms with Crippen LogP contribution in [0, 0.1) is 0 Å². The summed E-state index contributed by atoms with van der Waals surface area (Å²) < 4.78 is 22.3. The Hall–Kier alpha value is -3.77. The van der Waals surface area contributed by atoms with Gasteiger partial charge in [-0.1, -0.05) is 36.4 Å². The summed E-state index contributed by atoms with van der Waals surface area (Å²) in [7, 11) is 0. The second-order valence-electron chi connectivity index (χ2n) is 8.31. The maximum Gasteiger partial charge on any atom is 0.342 e. The zero-order valence-electron chi connectivity index (χ0n) is 18.4. The van der Waals surface area contributed by atoms with Gasteiger partial charge in [0, 0.05) is 17.6 Å². The molecule has 1 N–H and O–H groups in total. The highest BCUT2D eigenvalue weighted by molar-refractivity contribution is 6.20. The molecule has 0 bridgehead atoms. The van der Waals surface area contributed by atoms with E-state index >= 15 is 0 Å². The third-order valence-electron chi connectivity index (χ3n) is 5.66. The number of esters is 1. The van der Waals surface area contributed by atoms with Crippen molar-refractivity contribution in [2.24, 2.45) is 0 Å². The summed E-state index contributed by atoms with van der Waals surface area (Å²) in [6.07, 6.45) is 0.353. The first-order chi connectivity index (χ1) is 15.9. The average molecular weight is 444 g/mol. The topological polar surface area (TPSA) is 74.2 Å². The third kappa shape index (κ3) is 3.94. The van der Waals surface area contributed by atoms with Crippen molar-refractivity contribution >= 4 is 11.5 Å². The van der Waals surface area contributed by atoms with Gasteiger partial charge in [-0.25, -0.2) is 4.79 Å².